The standard InChI is InChI=1S/C9H8BrClF3N3/c10-6-7(11)15-4-16-8(6)17(5-1-2-5)3-9(12,13)14/h4-5H,1-3H2. The quantitative estimate of drug-likeness (QED) is 0.795. The Balaban J connectivity index is 2.29. The zero-order chi connectivity index (χ0) is 12.6. The second kappa shape index (κ2) is 4.61. The van der Waals surface area contributed by atoms with E-state index in [9.17, 15) is 13.2 Å². The molecule has 3 nitrogen and oxygen atoms in total. The summed E-state index contributed by atoms with van der Waals surface area (Å²) in [4.78, 5) is 8.79. The van der Waals surface area contributed by atoms with Crippen LogP contribution in [-0.4, -0.2) is 28.7 Å². The predicted octanol–water partition coefficient (Wildman–Crippen LogP) is 3.42. The molecule has 1 fully saturated rings. The minimum absolute atomic E-state index is 0.112. The molecule has 1 aromatic heterocycles. The Morgan fingerprint density at radius 3 is 2.59 bits per heavy atom. The Kier molecular flexibility index (Phi) is 3.49. The molecule has 0 amide bonds. The first kappa shape index (κ1) is 12.9. The number of hydrogen-bond acceptors (Lipinski definition) is 3. The fraction of sp³-hybridized carbons (Fsp3) is 0.556. The molecule has 0 radical (unpaired) electrons. The van der Waals surface area contributed by atoms with E-state index in [0.29, 0.717) is 4.47 Å². The lowest BCUT2D eigenvalue weighted by molar-refractivity contribution is -0.120. The monoisotopic (exact) mass is 329 g/mol. The molecule has 0 aliphatic heterocycles. The average Bonchev–Trinajstić information content (AvgIpc) is 3.01. The molecule has 1 saturated carbocycles. The number of nitrogens with zero attached hydrogens (tertiary/aromatic N) is 3. The van der Waals surface area contributed by atoms with Crippen molar-refractivity contribution in [1.82, 2.24) is 9.97 Å². The first-order valence-electron chi connectivity index (χ1n) is 4.88. The summed E-state index contributed by atoms with van der Waals surface area (Å²) in [6.45, 7) is -1.02. The van der Waals surface area contributed by atoms with E-state index in [1.54, 1.807) is 0 Å². The summed E-state index contributed by atoms with van der Waals surface area (Å²) >= 11 is 8.87. The number of anilines is 1. The summed E-state index contributed by atoms with van der Waals surface area (Å²) in [5.74, 6) is 0.199. The fourth-order valence-corrected chi connectivity index (χ4v) is 2.06. The van der Waals surface area contributed by atoms with Gasteiger partial charge in [-0.2, -0.15) is 13.2 Å². The fourth-order valence-electron chi connectivity index (χ4n) is 1.50. The summed E-state index contributed by atoms with van der Waals surface area (Å²) in [5, 5.41) is 0.114. The molecule has 1 aromatic rings. The number of rotatable bonds is 3. The second-order valence-corrected chi connectivity index (χ2v) is 4.93. The number of halogens is 5. The summed E-state index contributed by atoms with van der Waals surface area (Å²) in [5.41, 5.74) is 0. The Labute approximate surface area is 109 Å². The SMILES string of the molecule is FC(F)(F)CN(c1ncnc(Cl)c1Br)C1CC1. The first-order chi connectivity index (χ1) is 7.88. The molecule has 1 aliphatic rings. The van der Waals surface area contributed by atoms with Crippen LogP contribution in [0.15, 0.2) is 10.8 Å². The molecular weight excluding hydrogens is 322 g/mol. The molecule has 1 heterocycles. The molecule has 17 heavy (non-hydrogen) atoms. The lowest BCUT2D eigenvalue weighted by Crippen LogP contribution is -2.36. The van der Waals surface area contributed by atoms with Crippen LogP contribution >= 0.6 is 27.5 Å². The van der Waals surface area contributed by atoms with Crippen LogP contribution in [0.4, 0.5) is 19.0 Å². The third-order valence-electron chi connectivity index (χ3n) is 2.34. The van der Waals surface area contributed by atoms with Crippen molar-refractivity contribution in [2.75, 3.05) is 11.4 Å². The molecule has 2 rings (SSSR count). The van der Waals surface area contributed by atoms with E-state index in [2.05, 4.69) is 25.9 Å². The van der Waals surface area contributed by atoms with Crippen molar-refractivity contribution in [3.05, 3.63) is 16.0 Å². The summed E-state index contributed by atoms with van der Waals surface area (Å²) < 4.78 is 37.7. The van der Waals surface area contributed by atoms with Gasteiger partial charge in [-0.25, -0.2) is 9.97 Å². The van der Waals surface area contributed by atoms with Crippen LogP contribution < -0.4 is 4.90 Å². The maximum Gasteiger partial charge on any atom is 0.405 e. The lowest BCUT2D eigenvalue weighted by Gasteiger charge is -2.25. The Bertz CT molecular complexity index is 422. The molecule has 0 N–H and O–H groups in total. The highest BCUT2D eigenvalue weighted by Gasteiger charge is 2.39. The maximum atomic E-state index is 12.5. The largest absolute Gasteiger partial charge is 0.405 e. The molecule has 0 spiro atoms. The normalized spacial score (nSPS) is 16.1. The van der Waals surface area contributed by atoms with Crippen molar-refractivity contribution >= 4 is 33.3 Å². The van der Waals surface area contributed by atoms with Gasteiger partial charge >= 0.3 is 6.18 Å². The Morgan fingerprint density at radius 2 is 2.06 bits per heavy atom. The minimum atomic E-state index is -4.26. The van der Waals surface area contributed by atoms with Crippen LogP contribution in [0.3, 0.4) is 0 Å². The molecule has 1 aliphatic carbocycles. The average molecular weight is 331 g/mol. The van der Waals surface area contributed by atoms with Gasteiger partial charge in [-0.3, -0.25) is 0 Å². The lowest BCUT2D eigenvalue weighted by atomic mass is 10.4. The van der Waals surface area contributed by atoms with Crippen LogP contribution in [0, 0.1) is 0 Å². The van der Waals surface area contributed by atoms with Gasteiger partial charge in [-0.05, 0) is 28.8 Å². The van der Waals surface area contributed by atoms with E-state index in [1.165, 1.54) is 4.90 Å². The molecule has 8 heteroatoms. The second-order valence-electron chi connectivity index (χ2n) is 3.78. The van der Waals surface area contributed by atoms with Gasteiger partial charge in [0, 0.05) is 6.04 Å². The van der Waals surface area contributed by atoms with Gasteiger partial charge < -0.3 is 4.90 Å². The highest BCUT2D eigenvalue weighted by Crippen LogP contribution is 2.38. The van der Waals surface area contributed by atoms with Crippen molar-refractivity contribution < 1.29 is 13.2 Å². The van der Waals surface area contributed by atoms with E-state index in [0.717, 1.165) is 19.2 Å². The van der Waals surface area contributed by atoms with Crippen molar-refractivity contribution in [1.29, 1.82) is 0 Å². The van der Waals surface area contributed by atoms with E-state index >= 15 is 0 Å². The van der Waals surface area contributed by atoms with Crippen LogP contribution in [0.5, 0.6) is 0 Å². The van der Waals surface area contributed by atoms with Crippen LogP contribution in [0.25, 0.3) is 0 Å². The molecule has 0 atom stereocenters. The van der Waals surface area contributed by atoms with Gasteiger partial charge in [-0.1, -0.05) is 11.6 Å². The van der Waals surface area contributed by atoms with Gasteiger partial charge in [0.15, 0.2) is 0 Å². The first-order valence-corrected chi connectivity index (χ1v) is 6.05. The summed E-state index contributed by atoms with van der Waals surface area (Å²) in [6.07, 6.45) is -1.62. The van der Waals surface area contributed by atoms with Gasteiger partial charge in [-0.15, -0.1) is 0 Å². The minimum Gasteiger partial charge on any atom is -0.343 e. The molecule has 0 unspecified atom stereocenters. The van der Waals surface area contributed by atoms with Crippen molar-refractivity contribution in [2.45, 2.75) is 25.1 Å². The van der Waals surface area contributed by atoms with E-state index in [1.807, 2.05) is 0 Å². The van der Waals surface area contributed by atoms with E-state index in [-0.39, 0.29) is 17.0 Å². The predicted molar refractivity (Wildman–Crippen MR) is 61.2 cm³/mol. The van der Waals surface area contributed by atoms with Crippen LogP contribution in [-0.2, 0) is 0 Å². The zero-order valence-corrected chi connectivity index (χ0v) is 10.8. The Morgan fingerprint density at radius 1 is 1.41 bits per heavy atom. The summed E-state index contributed by atoms with van der Waals surface area (Å²) in [7, 11) is 0. The van der Waals surface area contributed by atoms with Crippen LogP contribution in [0.2, 0.25) is 5.15 Å². The smallest absolute Gasteiger partial charge is 0.343 e. The molecule has 0 bridgehead atoms. The zero-order valence-electron chi connectivity index (χ0n) is 8.51. The van der Waals surface area contributed by atoms with E-state index < -0.39 is 12.7 Å². The molecule has 0 saturated heterocycles. The third kappa shape index (κ3) is 3.22. The highest BCUT2D eigenvalue weighted by atomic mass is 79.9. The Hall–Kier alpha value is -0.560. The molecular formula is C9H8BrClF3N3. The van der Waals surface area contributed by atoms with E-state index in [4.69, 9.17) is 11.6 Å². The van der Waals surface area contributed by atoms with Gasteiger partial charge in [0.25, 0.3) is 0 Å². The van der Waals surface area contributed by atoms with Crippen molar-refractivity contribution in [2.24, 2.45) is 0 Å². The topological polar surface area (TPSA) is 29.0 Å². The number of aromatic nitrogens is 2. The maximum absolute atomic E-state index is 12.5. The van der Waals surface area contributed by atoms with Gasteiger partial charge in [0.1, 0.15) is 23.8 Å². The van der Waals surface area contributed by atoms with Crippen molar-refractivity contribution in [3.8, 4) is 0 Å². The molecule has 94 valence electrons. The summed E-state index contributed by atoms with van der Waals surface area (Å²) in [6, 6.07) is -0.112. The highest BCUT2D eigenvalue weighted by molar-refractivity contribution is 9.10. The van der Waals surface area contributed by atoms with Crippen molar-refractivity contribution in [3.63, 3.8) is 0 Å². The third-order valence-corrected chi connectivity index (χ3v) is 3.58. The van der Waals surface area contributed by atoms with Gasteiger partial charge in [0.05, 0.1) is 4.47 Å². The van der Waals surface area contributed by atoms with Gasteiger partial charge in [0.2, 0.25) is 0 Å². The number of alkyl halides is 3. The molecule has 0 aromatic carbocycles. The number of hydrogen-bond donors (Lipinski definition) is 0. The van der Waals surface area contributed by atoms with Crippen LogP contribution in [0.1, 0.15) is 12.8 Å².